The highest BCUT2D eigenvalue weighted by molar-refractivity contribution is 6.45. The zero-order valence-corrected chi connectivity index (χ0v) is 13.1. The number of carbonyl (C=O) groups is 2. The van der Waals surface area contributed by atoms with E-state index in [-0.39, 0.29) is 12.2 Å². The minimum Gasteiger partial charge on any atom is -0.372 e. The number of benzene rings is 1. The second kappa shape index (κ2) is 5.57. The van der Waals surface area contributed by atoms with Gasteiger partial charge in [-0.1, -0.05) is 18.2 Å². The number of ether oxygens (including phenoxy) is 1. The van der Waals surface area contributed by atoms with Crippen LogP contribution in [0.3, 0.4) is 0 Å². The van der Waals surface area contributed by atoms with Gasteiger partial charge in [0.2, 0.25) is 0 Å². The van der Waals surface area contributed by atoms with Gasteiger partial charge in [0.15, 0.2) is 0 Å². The second-order valence-corrected chi connectivity index (χ2v) is 5.97. The number of rotatable bonds is 2. The summed E-state index contributed by atoms with van der Waals surface area (Å²) >= 11 is 0. The Morgan fingerprint density at radius 3 is 2.50 bits per heavy atom. The Kier molecular flexibility index (Phi) is 3.74. The standard InChI is InChI=1S/C17H20N2O3/c1-10-8-19(9-11(2)22-10)17(21)16(20)15-12(3)18-14-7-5-4-6-13(14)15/h4-7,10-11,18H,8-9H2,1-3H3/t10-,11+. The number of aromatic nitrogens is 1. The van der Waals surface area contributed by atoms with E-state index in [9.17, 15) is 9.59 Å². The summed E-state index contributed by atoms with van der Waals surface area (Å²) in [6, 6.07) is 7.54. The molecule has 0 saturated carbocycles. The van der Waals surface area contributed by atoms with E-state index < -0.39 is 11.7 Å². The number of amides is 1. The highest BCUT2D eigenvalue weighted by Crippen LogP contribution is 2.23. The number of ketones is 1. The number of hydrogen-bond acceptors (Lipinski definition) is 3. The second-order valence-electron chi connectivity index (χ2n) is 5.97. The summed E-state index contributed by atoms with van der Waals surface area (Å²) in [4.78, 5) is 30.1. The molecule has 5 heteroatoms. The number of H-pyrrole nitrogens is 1. The van der Waals surface area contributed by atoms with Crippen molar-refractivity contribution in [1.29, 1.82) is 0 Å². The summed E-state index contributed by atoms with van der Waals surface area (Å²) in [6.07, 6.45) is -0.103. The number of nitrogens with one attached hydrogen (secondary N) is 1. The Morgan fingerprint density at radius 1 is 1.18 bits per heavy atom. The van der Waals surface area contributed by atoms with E-state index in [1.165, 1.54) is 0 Å². The van der Waals surface area contributed by atoms with Gasteiger partial charge in [-0.05, 0) is 26.8 Å². The normalized spacial score (nSPS) is 22.0. The number of Topliss-reactive ketones (excluding diaryl/α,β-unsaturated/α-hetero) is 1. The fraction of sp³-hybridized carbons (Fsp3) is 0.412. The van der Waals surface area contributed by atoms with E-state index in [1.54, 1.807) is 4.90 Å². The first-order valence-corrected chi connectivity index (χ1v) is 7.53. The SMILES string of the molecule is Cc1[nH]c2ccccc2c1C(=O)C(=O)N1C[C@@H](C)O[C@@H](C)C1. The quantitative estimate of drug-likeness (QED) is 0.684. The van der Waals surface area contributed by atoms with Crippen molar-refractivity contribution in [2.45, 2.75) is 33.0 Å². The van der Waals surface area contributed by atoms with Crippen LogP contribution < -0.4 is 0 Å². The van der Waals surface area contributed by atoms with Crippen LogP contribution in [0.1, 0.15) is 29.9 Å². The van der Waals surface area contributed by atoms with E-state index in [1.807, 2.05) is 45.0 Å². The summed E-state index contributed by atoms with van der Waals surface area (Å²) in [6.45, 7) is 6.56. The van der Waals surface area contributed by atoms with Crippen LogP contribution in [0.5, 0.6) is 0 Å². The van der Waals surface area contributed by atoms with Gasteiger partial charge in [-0.25, -0.2) is 0 Å². The lowest BCUT2D eigenvalue weighted by Gasteiger charge is -2.34. The van der Waals surface area contributed by atoms with Gasteiger partial charge in [0.05, 0.1) is 17.8 Å². The molecule has 2 aromatic rings. The monoisotopic (exact) mass is 300 g/mol. The molecule has 1 aliphatic heterocycles. The molecular weight excluding hydrogens is 280 g/mol. The average molecular weight is 300 g/mol. The van der Waals surface area contributed by atoms with Gasteiger partial charge < -0.3 is 14.6 Å². The molecule has 1 fully saturated rings. The Hall–Kier alpha value is -2.14. The maximum absolute atomic E-state index is 12.7. The molecule has 5 nitrogen and oxygen atoms in total. The fourth-order valence-corrected chi connectivity index (χ4v) is 3.16. The summed E-state index contributed by atoms with van der Waals surface area (Å²) in [5, 5.41) is 0.799. The third-order valence-corrected chi connectivity index (χ3v) is 4.02. The number of aromatic amines is 1. The molecule has 0 unspecified atom stereocenters. The highest BCUT2D eigenvalue weighted by atomic mass is 16.5. The summed E-state index contributed by atoms with van der Waals surface area (Å²) in [7, 11) is 0. The molecule has 0 spiro atoms. The molecule has 22 heavy (non-hydrogen) atoms. The lowest BCUT2D eigenvalue weighted by Crippen LogP contribution is -2.50. The van der Waals surface area contributed by atoms with Crippen molar-refractivity contribution >= 4 is 22.6 Å². The maximum atomic E-state index is 12.7. The molecule has 0 aliphatic carbocycles. The number of nitrogens with zero attached hydrogens (tertiary/aromatic N) is 1. The molecule has 0 radical (unpaired) electrons. The summed E-state index contributed by atoms with van der Waals surface area (Å²) < 4.78 is 5.62. The molecule has 1 saturated heterocycles. The van der Waals surface area contributed by atoms with Crippen molar-refractivity contribution in [1.82, 2.24) is 9.88 Å². The van der Waals surface area contributed by atoms with Crippen LogP contribution in [0.15, 0.2) is 24.3 Å². The number of fused-ring (bicyclic) bond motifs is 1. The van der Waals surface area contributed by atoms with Gasteiger partial charge in [-0.2, -0.15) is 0 Å². The Bertz CT molecular complexity index is 725. The lowest BCUT2D eigenvalue weighted by molar-refractivity contribution is -0.138. The average Bonchev–Trinajstić information content (AvgIpc) is 2.80. The van der Waals surface area contributed by atoms with Gasteiger partial charge in [-0.3, -0.25) is 9.59 Å². The highest BCUT2D eigenvalue weighted by Gasteiger charge is 2.32. The van der Waals surface area contributed by atoms with Crippen molar-refractivity contribution in [3.63, 3.8) is 0 Å². The molecule has 1 aromatic carbocycles. The fourth-order valence-electron chi connectivity index (χ4n) is 3.16. The van der Waals surface area contributed by atoms with Crippen molar-refractivity contribution in [3.05, 3.63) is 35.5 Å². The van der Waals surface area contributed by atoms with Gasteiger partial charge >= 0.3 is 0 Å². The van der Waals surface area contributed by atoms with Crippen LogP contribution in [0.25, 0.3) is 10.9 Å². The van der Waals surface area contributed by atoms with Crippen LogP contribution in [0.2, 0.25) is 0 Å². The van der Waals surface area contributed by atoms with E-state index in [4.69, 9.17) is 4.74 Å². The first-order chi connectivity index (χ1) is 10.5. The first kappa shape index (κ1) is 14.8. The van der Waals surface area contributed by atoms with Crippen molar-refractivity contribution < 1.29 is 14.3 Å². The number of para-hydroxylation sites is 1. The molecule has 2 heterocycles. The smallest absolute Gasteiger partial charge is 0.295 e. The van der Waals surface area contributed by atoms with Gasteiger partial charge in [0, 0.05) is 29.7 Å². The Morgan fingerprint density at radius 2 is 1.82 bits per heavy atom. The molecule has 1 amide bonds. The molecule has 1 aliphatic rings. The predicted octanol–water partition coefficient (Wildman–Crippen LogP) is 2.29. The molecule has 1 aromatic heterocycles. The lowest BCUT2D eigenvalue weighted by atomic mass is 10.0. The largest absolute Gasteiger partial charge is 0.372 e. The third kappa shape index (κ3) is 2.52. The molecule has 2 atom stereocenters. The minimum absolute atomic E-state index is 0.0513. The van der Waals surface area contributed by atoms with Gasteiger partial charge in [0.25, 0.3) is 11.7 Å². The minimum atomic E-state index is -0.449. The number of carbonyl (C=O) groups excluding carboxylic acids is 2. The third-order valence-electron chi connectivity index (χ3n) is 4.02. The summed E-state index contributed by atoms with van der Waals surface area (Å²) in [5.41, 5.74) is 2.08. The van der Waals surface area contributed by atoms with E-state index in [0.717, 1.165) is 16.6 Å². The van der Waals surface area contributed by atoms with E-state index in [0.29, 0.717) is 18.7 Å². The molecule has 0 bridgehead atoms. The zero-order valence-electron chi connectivity index (χ0n) is 13.1. The number of hydrogen-bond donors (Lipinski definition) is 1. The van der Waals surface area contributed by atoms with E-state index in [2.05, 4.69) is 4.98 Å². The summed E-state index contributed by atoms with van der Waals surface area (Å²) in [5.74, 6) is -0.897. The topological polar surface area (TPSA) is 62.4 Å². The number of aryl methyl sites for hydroxylation is 1. The molecule has 3 rings (SSSR count). The van der Waals surface area contributed by atoms with Crippen molar-refractivity contribution in [2.24, 2.45) is 0 Å². The van der Waals surface area contributed by atoms with Crippen molar-refractivity contribution in [2.75, 3.05) is 13.1 Å². The van der Waals surface area contributed by atoms with Crippen LogP contribution in [0, 0.1) is 6.92 Å². The van der Waals surface area contributed by atoms with Crippen LogP contribution in [-0.2, 0) is 9.53 Å². The van der Waals surface area contributed by atoms with Crippen molar-refractivity contribution in [3.8, 4) is 0 Å². The zero-order chi connectivity index (χ0) is 15.9. The van der Waals surface area contributed by atoms with Crippen LogP contribution in [0.4, 0.5) is 0 Å². The number of morpholine rings is 1. The predicted molar refractivity (Wildman–Crippen MR) is 84.0 cm³/mol. The molecule has 116 valence electrons. The van der Waals surface area contributed by atoms with E-state index >= 15 is 0 Å². The molecule has 1 N–H and O–H groups in total. The van der Waals surface area contributed by atoms with Crippen LogP contribution >= 0.6 is 0 Å². The van der Waals surface area contributed by atoms with Gasteiger partial charge in [0.1, 0.15) is 0 Å². The Balaban J connectivity index is 1.92. The molecular formula is C17H20N2O3. The maximum Gasteiger partial charge on any atom is 0.295 e. The Labute approximate surface area is 129 Å². The van der Waals surface area contributed by atoms with Gasteiger partial charge in [-0.15, -0.1) is 0 Å². The first-order valence-electron chi connectivity index (χ1n) is 7.53. The van der Waals surface area contributed by atoms with Crippen LogP contribution in [-0.4, -0.2) is 46.9 Å².